The molecule has 1 aromatic rings. The molecule has 0 aliphatic heterocycles. The summed E-state index contributed by atoms with van der Waals surface area (Å²) in [6.45, 7) is 0. The van der Waals surface area contributed by atoms with E-state index in [9.17, 15) is 5.11 Å². The second kappa shape index (κ2) is 4.69. The van der Waals surface area contributed by atoms with Gasteiger partial charge in [-0.25, -0.2) is 0 Å². The van der Waals surface area contributed by atoms with Crippen LogP contribution in [0.2, 0.25) is 0 Å². The molecule has 1 heterocycles. The van der Waals surface area contributed by atoms with Gasteiger partial charge in [-0.05, 0) is 24.3 Å². The van der Waals surface area contributed by atoms with Gasteiger partial charge in [0.1, 0.15) is 0 Å². The minimum atomic E-state index is -0.382. The van der Waals surface area contributed by atoms with Crippen LogP contribution in [0.4, 0.5) is 0 Å². The maximum Gasteiger partial charge on any atom is 0.0741 e. The van der Waals surface area contributed by atoms with Gasteiger partial charge in [0, 0.05) is 5.75 Å². The van der Waals surface area contributed by atoms with Crippen molar-refractivity contribution >= 4 is 23.1 Å². The zero-order chi connectivity index (χ0) is 9.86. The van der Waals surface area contributed by atoms with Crippen molar-refractivity contribution in [1.82, 2.24) is 0 Å². The maximum atomic E-state index is 10.3. The second-order valence-corrected chi connectivity index (χ2v) is 6.23. The van der Waals surface area contributed by atoms with Crippen LogP contribution in [0.15, 0.2) is 21.7 Å². The molecular weight excluding hydrogens is 212 g/mol. The van der Waals surface area contributed by atoms with Gasteiger partial charge in [0.15, 0.2) is 0 Å². The molecule has 0 bridgehead atoms. The lowest BCUT2D eigenvalue weighted by Crippen LogP contribution is -2.33. The largest absolute Gasteiger partial charge is 0.389 e. The van der Waals surface area contributed by atoms with Crippen molar-refractivity contribution in [3.05, 3.63) is 17.5 Å². The molecule has 0 unspecified atom stereocenters. The monoisotopic (exact) mass is 228 g/mol. The van der Waals surface area contributed by atoms with E-state index in [-0.39, 0.29) is 5.60 Å². The minimum Gasteiger partial charge on any atom is -0.389 e. The molecule has 1 fully saturated rings. The van der Waals surface area contributed by atoms with Crippen molar-refractivity contribution in [2.45, 2.75) is 41.9 Å². The van der Waals surface area contributed by atoms with Gasteiger partial charge in [0.05, 0.1) is 9.81 Å². The quantitative estimate of drug-likeness (QED) is 0.799. The normalized spacial score (nSPS) is 20.9. The van der Waals surface area contributed by atoms with Gasteiger partial charge in [0.2, 0.25) is 0 Å². The summed E-state index contributed by atoms with van der Waals surface area (Å²) < 4.78 is 1.32. The van der Waals surface area contributed by atoms with Gasteiger partial charge in [-0.2, -0.15) is 0 Å². The fourth-order valence-corrected chi connectivity index (χ4v) is 3.84. The summed E-state index contributed by atoms with van der Waals surface area (Å²) in [6.07, 6.45) is 5.67. The molecule has 0 aromatic carbocycles. The Morgan fingerprint density at radius 3 is 2.79 bits per heavy atom. The highest BCUT2D eigenvalue weighted by Crippen LogP contribution is 2.34. The van der Waals surface area contributed by atoms with E-state index in [0.29, 0.717) is 0 Å². The fourth-order valence-electron chi connectivity index (χ4n) is 1.91. The van der Waals surface area contributed by atoms with Crippen LogP contribution in [0.25, 0.3) is 0 Å². The number of hydrogen-bond donors (Lipinski definition) is 1. The number of hydrogen-bond acceptors (Lipinski definition) is 3. The third-order valence-electron chi connectivity index (χ3n) is 2.76. The molecule has 1 aliphatic rings. The summed E-state index contributed by atoms with van der Waals surface area (Å²) >= 11 is 3.56. The SMILES string of the molecule is OC1(CSc2cccs2)CCCCC1. The smallest absolute Gasteiger partial charge is 0.0741 e. The van der Waals surface area contributed by atoms with Crippen molar-refractivity contribution in [3.63, 3.8) is 0 Å². The molecular formula is C11H16OS2. The summed E-state index contributed by atoms with van der Waals surface area (Å²) in [5.41, 5.74) is -0.382. The first-order valence-electron chi connectivity index (χ1n) is 5.17. The molecule has 0 radical (unpaired) electrons. The lowest BCUT2D eigenvalue weighted by molar-refractivity contribution is 0.0273. The maximum absolute atomic E-state index is 10.3. The van der Waals surface area contributed by atoms with E-state index in [2.05, 4.69) is 17.5 Å². The van der Waals surface area contributed by atoms with Gasteiger partial charge in [-0.1, -0.05) is 25.3 Å². The molecule has 14 heavy (non-hydrogen) atoms. The first-order valence-corrected chi connectivity index (χ1v) is 7.04. The molecule has 1 aliphatic carbocycles. The van der Waals surface area contributed by atoms with Crippen molar-refractivity contribution in [2.75, 3.05) is 5.75 Å². The number of aliphatic hydroxyl groups is 1. The molecule has 0 amide bonds. The van der Waals surface area contributed by atoms with Gasteiger partial charge in [0.25, 0.3) is 0 Å². The van der Waals surface area contributed by atoms with Gasteiger partial charge in [-0.3, -0.25) is 0 Å². The van der Waals surface area contributed by atoms with E-state index in [4.69, 9.17) is 0 Å². The summed E-state index contributed by atoms with van der Waals surface area (Å²) in [5, 5.41) is 12.3. The molecule has 78 valence electrons. The van der Waals surface area contributed by atoms with Crippen LogP contribution < -0.4 is 0 Å². The predicted octanol–water partition coefficient (Wildman–Crippen LogP) is 3.54. The third-order valence-corrected chi connectivity index (χ3v) is 5.17. The molecule has 1 nitrogen and oxygen atoms in total. The predicted molar refractivity (Wildman–Crippen MR) is 63.1 cm³/mol. The number of rotatable bonds is 3. The average molecular weight is 228 g/mol. The second-order valence-electron chi connectivity index (χ2n) is 4.01. The van der Waals surface area contributed by atoms with Gasteiger partial charge in [-0.15, -0.1) is 23.1 Å². The average Bonchev–Trinajstić information content (AvgIpc) is 2.69. The van der Waals surface area contributed by atoms with E-state index in [1.165, 1.54) is 23.5 Å². The Balaban J connectivity index is 1.84. The highest BCUT2D eigenvalue weighted by Gasteiger charge is 2.28. The van der Waals surface area contributed by atoms with Crippen molar-refractivity contribution < 1.29 is 5.11 Å². The molecule has 2 rings (SSSR count). The van der Waals surface area contributed by atoms with E-state index in [0.717, 1.165) is 18.6 Å². The van der Waals surface area contributed by atoms with Crippen LogP contribution in [-0.4, -0.2) is 16.5 Å². The van der Waals surface area contributed by atoms with Crippen LogP contribution in [-0.2, 0) is 0 Å². The van der Waals surface area contributed by atoms with Crippen LogP contribution in [0, 0.1) is 0 Å². The minimum absolute atomic E-state index is 0.382. The highest BCUT2D eigenvalue weighted by atomic mass is 32.2. The van der Waals surface area contributed by atoms with Crippen LogP contribution in [0.3, 0.4) is 0 Å². The summed E-state index contributed by atoms with van der Waals surface area (Å²) in [7, 11) is 0. The number of thiophene rings is 1. The zero-order valence-electron chi connectivity index (χ0n) is 8.24. The van der Waals surface area contributed by atoms with Crippen molar-refractivity contribution in [3.8, 4) is 0 Å². The van der Waals surface area contributed by atoms with Crippen LogP contribution in [0.1, 0.15) is 32.1 Å². The topological polar surface area (TPSA) is 20.2 Å². The van der Waals surface area contributed by atoms with Crippen LogP contribution in [0.5, 0.6) is 0 Å². The lowest BCUT2D eigenvalue weighted by Gasteiger charge is -2.31. The van der Waals surface area contributed by atoms with Gasteiger partial charge < -0.3 is 5.11 Å². The Labute approximate surface area is 93.5 Å². The lowest BCUT2D eigenvalue weighted by atomic mass is 9.86. The Kier molecular flexibility index (Phi) is 3.52. The molecule has 1 saturated carbocycles. The van der Waals surface area contributed by atoms with E-state index < -0.39 is 0 Å². The highest BCUT2D eigenvalue weighted by molar-refractivity contribution is 8.01. The van der Waals surface area contributed by atoms with E-state index in [1.54, 1.807) is 23.1 Å². The zero-order valence-corrected chi connectivity index (χ0v) is 9.87. The summed E-state index contributed by atoms with van der Waals surface area (Å²) in [6, 6.07) is 4.19. The fraction of sp³-hybridized carbons (Fsp3) is 0.636. The van der Waals surface area contributed by atoms with Crippen molar-refractivity contribution in [1.29, 1.82) is 0 Å². The molecule has 3 heteroatoms. The molecule has 1 aromatic heterocycles. The third kappa shape index (κ3) is 2.75. The van der Waals surface area contributed by atoms with Crippen LogP contribution >= 0.6 is 23.1 Å². The van der Waals surface area contributed by atoms with E-state index in [1.807, 2.05) is 0 Å². The first-order chi connectivity index (χ1) is 6.79. The first kappa shape index (κ1) is 10.5. The van der Waals surface area contributed by atoms with Crippen molar-refractivity contribution in [2.24, 2.45) is 0 Å². The summed E-state index contributed by atoms with van der Waals surface area (Å²) in [5.74, 6) is 0.869. The Morgan fingerprint density at radius 1 is 1.36 bits per heavy atom. The molecule has 1 N–H and O–H groups in total. The standard InChI is InChI=1S/C11H16OS2/c12-11(6-2-1-3-7-11)9-14-10-5-4-8-13-10/h4-5,8,12H,1-3,6-7,9H2. The number of thioether (sulfide) groups is 1. The Bertz CT molecular complexity index is 263. The molecule has 0 spiro atoms. The van der Waals surface area contributed by atoms with E-state index >= 15 is 0 Å². The Hall–Kier alpha value is 0.01000. The van der Waals surface area contributed by atoms with Gasteiger partial charge >= 0.3 is 0 Å². The Morgan fingerprint density at radius 2 is 2.14 bits per heavy atom. The molecule has 0 atom stereocenters. The summed E-state index contributed by atoms with van der Waals surface area (Å²) in [4.78, 5) is 0. The molecule has 0 saturated heterocycles.